The van der Waals surface area contributed by atoms with Crippen LogP contribution in [0.25, 0.3) is 0 Å². The Morgan fingerprint density at radius 3 is 2.95 bits per heavy atom. The standard InChI is InChI=1S/C18H18ClNO2/c19-12-6-7-16-15(10-12)18-14(5-2-8-22-18)17(20-16)11-3-1-4-13(21)9-11/h1,3-4,6-7,9-10,14,17-18,20-21H,2,5,8H2/t14-,17-,18+/m0/s1. The molecular formula is C18H18ClNO2. The number of rotatable bonds is 1. The van der Waals surface area contributed by atoms with Crippen molar-refractivity contribution in [3.63, 3.8) is 0 Å². The van der Waals surface area contributed by atoms with Crippen molar-refractivity contribution in [2.45, 2.75) is 25.0 Å². The van der Waals surface area contributed by atoms with E-state index >= 15 is 0 Å². The van der Waals surface area contributed by atoms with E-state index in [4.69, 9.17) is 16.3 Å². The lowest BCUT2D eigenvalue weighted by Gasteiger charge is -2.43. The third-order valence-corrected chi connectivity index (χ3v) is 4.89. The predicted molar refractivity (Wildman–Crippen MR) is 87.3 cm³/mol. The fourth-order valence-electron chi connectivity index (χ4n) is 3.69. The van der Waals surface area contributed by atoms with Crippen LogP contribution in [0.3, 0.4) is 0 Å². The van der Waals surface area contributed by atoms with Crippen LogP contribution in [0.15, 0.2) is 42.5 Å². The molecule has 0 saturated carbocycles. The molecule has 0 bridgehead atoms. The molecule has 114 valence electrons. The molecule has 4 heteroatoms. The van der Waals surface area contributed by atoms with Gasteiger partial charge in [0.25, 0.3) is 0 Å². The Morgan fingerprint density at radius 2 is 2.09 bits per heavy atom. The van der Waals surface area contributed by atoms with Crippen molar-refractivity contribution >= 4 is 17.3 Å². The number of phenolic OH excluding ortho intramolecular Hbond substituents is 1. The van der Waals surface area contributed by atoms with Gasteiger partial charge in [0.1, 0.15) is 5.75 Å². The Labute approximate surface area is 134 Å². The molecule has 2 aromatic carbocycles. The molecular weight excluding hydrogens is 298 g/mol. The molecule has 0 aromatic heterocycles. The van der Waals surface area contributed by atoms with E-state index in [1.165, 1.54) is 0 Å². The summed E-state index contributed by atoms with van der Waals surface area (Å²) in [4.78, 5) is 0. The Hall–Kier alpha value is -1.71. The van der Waals surface area contributed by atoms with Gasteiger partial charge in [-0.1, -0.05) is 23.7 Å². The van der Waals surface area contributed by atoms with Gasteiger partial charge in [-0.3, -0.25) is 0 Å². The number of nitrogens with one attached hydrogen (secondary N) is 1. The van der Waals surface area contributed by atoms with Gasteiger partial charge in [0.05, 0.1) is 12.1 Å². The molecule has 1 fully saturated rings. The summed E-state index contributed by atoms with van der Waals surface area (Å²) in [6.45, 7) is 0.792. The van der Waals surface area contributed by atoms with Crippen molar-refractivity contribution in [3.8, 4) is 5.75 Å². The first-order valence-electron chi connectivity index (χ1n) is 7.69. The molecule has 3 nitrogen and oxygen atoms in total. The lowest BCUT2D eigenvalue weighted by atomic mass is 9.77. The van der Waals surface area contributed by atoms with Gasteiger partial charge in [-0.05, 0) is 48.7 Å². The fourth-order valence-corrected chi connectivity index (χ4v) is 3.87. The average molecular weight is 316 g/mol. The Bertz CT molecular complexity index is 703. The van der Waals surface area contributed by atoms with E-state index in [9.17, 15) is 5.11 Å². The normalized spacial score (nSPS) is 26.7. The molecule has 3 atom stereocenters. The van der Waals surface area contributed by atoms with Crippen LogP contribution in [-0.2, 0) is 4.74 Å². The molecule has 2 aliphatic heterocycles. The first-order valence-corrected chi connectivity index (χ1v) is 8.07. The maximum Gasteiger partial charge on any atom is 0.115 e. The zero-order valence-electron chi connectivity index (χ0n) is 12.1. The highest BCUT2D eigenvalue weighted by Gasteiger charge is 2.39. The zero-order valence-corrected chi connectivity index (χ0v) is 12.9. The van der Waals surface area contributed by atoms with E-state index < -0.39 is 0 Å². The number of fused-ring (bicyclic) bond motifs is 3. The quantitative estimate of drug-likeness (QED) is 0.803. The summed E-state index contributed by atoms with van der Waals surface area (Å²) < 4.78 is 6.08. The van der Waals surface area contributed by atoms with E-state index in [0.29, 0.717) is 11.7 Å². The molecule has 0 amide bonds. The number of ether oxygens (including phenoxy) is 1. The van der Waals surface area contributed by atoms with Crippen LogP contribution in [0.4, 0.5) is 5.69 Å². The van der Waals surface area contributed by atoms with Crippen molar-refractivity contribution < 1.29 is 9.84 Å². The van der Waals surface area contributed by atoms with Gasteiger partial charge in [0.2, 0.25) is 0 Å². The van der Waals surface area contributed by atoms with E-state index in [2.05, 4.69) is 11.4 Å². The highest BCUT2D eigenvalue weighted by molar-refractivity contribution is 6.30. The topological polar surface area (TPSA) is 41.5 Å². The number of phenols is 1. The lowest BCUT2D eigenvalue weighted by Crippen LogP contribution is -2.35. The van der Waals surface area contributed by atoms with E-state index in [1.807, 2.05) is 30.3 Å². The second-order valence-corrected chi connectivity index (χ2v) is 6.48. The third-order valence-electron chi connectivity index (χ3n) is 4.66. The van der Waals surface area contributed by atoms with Gasteiger partial charge >= 0.3 is 0 Å². The smallest absolute Gasteiger partial charge is 0.115 e. The Kier molecular flexibility index (Phi) is 3.47. The summed E-state index contributed by atoms with van der Waals surface area (Å²) in [7, 11) is 0. The van der Waals surface area contributed by atoms with Crippen LogP contribution in [0.2, 0.25) is 5.02 Å². The summed E-state index contributed by atoms with van der Waals surface area (Å²) in [6.07, 6.45) is 2.23. The number of halogens is 1. The highest BCUT2D eigenvalue weighted by atomic mass is 35.5. The monoisotopic (exact) mass is 315 g/mol. The number of aromatic hydroxyl groups is 1. The number of hydrogen-bond acceptors (Lipinski definition) is 3. The van der Waals surface area contributed by atoms with Gasteiger partial charge in [-0.25, -0.2) is 0 Å². The predicted octanol–water partition coefficient (Wildman–Crippen LogP) is 4.68. The van der Waals surface area contributed by atoms with Crippen molar-refractivity contribution in [1.29, 1.82) is 0 Å². The molecule has 2 N–H and O–H groups in total. The summed E-state index contributed by atoms with van der Waals surface area (Å²) in [5.41, 5.74) is 3.32. The molecule has 0 spiro atoms. The second-order valence-electron chi connectivity index (χ2n) is 6.05. The van der Waals surface area contributed by atoms with Gasteiger partial charge in [-0.2, -0.15) is 0 Å². The third kappa shape index (κ3) is 2.34. The van der Waals surface area contributed by atoms with Crippen molar-refractivity contribution in [1.82, 2.24) is 0 Å². The first kappa shape index (κ1) is 13.9. The minimum Gasteiger partial charge on any atom is -0.508 e. The molecule has 2 aromatic rings. The Balaban J connectivity index is 1.79. The number of hydrogen-bond donors (Lipinski definition) is 2. The second kappa shape index (κ2) is 5.49. The number of benzene rings is 2. The maximum atomic E-state index is 9.79. The molecule has 0 aliphatic carbocycles. The average Bonchev–Trinajstić information content (AvgIpc) is 2.54. The largest absolute Gasteiger partial charge is 0.508 e. The summed E-state index contributed by atoms with van der Waals surface area (Å²) in [5, 5.41) is 14.2. The minimum absolute atomic E-state index is 0.0658. The van der Waals surface area contributed by atoms with Crippen LogP contribution in [0.5, 0.6) is 5.75 Å². The highest BCUT2D eigenvalue weighted by Crippen LogP contribution is 2.49. The van der Waals surface area contributed by atoms with E-state index in [0.717, 1.165) is 41.3 Å². The molecule has 0 radical (unpaired) electrons. The van der Waals surface area contributed by atoms with Crippen molar-refractivity contribution in [2.75, 3.05) is 11.9 Å². The SMILES string of the molecule is Oc1cccc([C@@H]2Nc3ccc(Cl)cc3[C@@H]3OCCC[C@@H]23)c1. The summed E-state index contributed by atoms with van der Waals surface area (Å²) in [5.74, 6) is 0.649. The first-order chi connectivity index (χ1) is 10.7. The fraction of sp³-hybridized carbons (Fsp3) is 0.333. The molecule has 2 heterocycles. The molecule has 4 rings (SSSR count). The van der Waals surface area contributed by atoms with Gasteiger partial charge in [-0.15, -0.1) is 0 Å². The van der Waals surface area contributed by atoms with Crippen molar-refractivity contribution in [2.24, 2.45) is 5.92 Å². The maximum absolute atomic E-state index is 9.79. The van der Waals surface area contributed by atoms with Gasteiger partial charge < -0.3 is 15.2 Å². The van der Waals surface area contributed by atoms with Gasteiger partial charge in [0, 0.05) is 28.8 Å². The zero-order chi connectivity index (χ0) is 15.1. The molecule has 0 unspecified atom stereocenters. The van der Waals surface area contributed by atoms with Gasteiger partial charge in [0.15, 0.2) is 0 Å². The van der Waals surface area contributed by atoms with Crippen LogP contribution in [0.1, 0.15) is 36.1 Å². The molecule has 2 aliphatic rings. The summed E-state index contributed by atoms with van der Waals surface area (Å²) in [6, 6.07) is 13.6. The van der Waals surface area contributed by atoms with Crippen LogP contribution < -0.4 is 5.32 Å². The molecule has 1 saturated heterocycles. The lowest BCUT2D eigenvalue weighted by molar-refractivity contribution is -0.0381. The van der Waals surface area contributed by atoms with E-state index in [-0.39, 0.29) is 12.1 Å². The van der Waals surface area contributed by atoms with E-state index in [1.54, 1.807) is 6.07 Å². The van der Waals surface area contributed by atoms with Crippen LogP contribution in [-0.4, -0.2) is 11.7 Å². The number of anilines is 1. The minimum atomic E-state index is 0.0658. The Morgan fingerprint density at radius 1 is 1.18 bits per heavy atom. The van der Waals surface area contributed by atoms with Crippen molar-refractivity contribution in [3.05, 3.63) is 58.6 Å². The van der Waals surface area contributed by atoms with Crippen LogP contribution >= 0.6 is 11.6 Å². The summed E-state index contributed by atoms with van der Waals surface area (Å²) >= 11 is 6.17. The van der Waals surface area contributed by atoms with Crippen LogP contribution in [0, 0.1) is 5.92 Å². The molecule has 22 heavy (non-hydrogen) atoms.